The van der Waals surface area contributed by atoms with Gasteiger partial charge in [0.25, 0.3) is 0 Å². The van der Waals surface area contributed by atoms with Gasteiger partial charge in [-0.3, -0.25) is 0 Å². The zero-order valence-electron chi connectivity index (χ0n) is 25.0. The summed E-state index contributed by atoms with van der Waals surface area (Å²) in [4.78, 5) is 0. The van der Waals surface area contributed by atoms with E-state index >= 15 is 0 Å². The van der Waals surface area contributed by atoms with Gasteiger partial charge in [-0.1, -0.05) is 129 Å². The summed E-state index contributed by atoms with van der Waals surface area (Å²) in [6.07, 6.45) is 36.9. The Kier molecular flexibility index (Phi) is 13.1. The van der Waals surface area contributed by atoms with Crippen LogP contribution >= 0.6 is 0 Å². The number of unbranched alkanes of at least 4 members (excludes halogenated alkanes) is 2. The lowest BCUT2D eigenvalue weighted by Crippen LogP contribution is -2.13. The highest BCUT2D eigenvalue weighted by atomic mass is 16.5. The van der Waals surface area contributed by atoms with Gasteiger partial charge in [-0.2, -0.15) is 0 Å². The van der Waals surface area contributed by atoms with Crippen LogP contribution in [-0.4, -0.2) is 13.2 Å². The van der Waals surface area contributed by atoms with Gasteiger partial charge >= 0.3 is 0 Å². The molecule has 2 saturated carbocycles. The molecule has 0 heterocycles. The molecule has 4 rings (SSSR count). The summed E-state index contributed by atoms with van der Waals surface area (Å²) in [7, 11) is 0. The first-order chi connectivity index (χ1) is 18.1. The quantitative estimate of drug-likeness (QED) is 0.167. The molecule has 0 N–H and O–H groups in total. The minimum atomic E-state index is 0.882. The molecule has 2 atom stereocenters. The summed E-state index contributed by atoms with van der Waals surface area (Å²) < 4.78 is 6.19. The Morgan fingerprint density at radius 1 is 0.514 bits per heavy atom. The Balaban J connectivity index is 0.983. The van der Waals surface area contributed by atoms with E-state index in [9.17, 15) is 0 Å². The maximum Gasteiger partial charge on any atom is 0.0681 e. The van der Waals surface area contributed by atoms with Crippen molar-refractivity contribution < 1.29 is 4.74 Å². The molecule has 1 nitrogen and oxygen atoms in total. The van der Waals surface area contributed by atoms with Gasteiger partial charge in [-0.05, 0) is 85.2 Å². The van der Waals surface area contributed by atoms with Gasteiger partial charge in [0, 0.05) is 0 Å². The van der Waals surface area contributed by atoms with Crippen LogP contribution in [0.1, 0.15) is 155 Å². The highest BCUT2D eigenvalue weighted by Crippen LogP contribution is 2.34. The fourth-order valence-electron chi connectivity index (χ4n) is 7.95. The molecule has 1 heteroatoms. The second-order valence-electron chi connectivity index (χ2n) is 14.3. The minimum absolute atomic E-state index is 0.882. The lowest BCUT2D eigenvalue weighted by molar-refractivity contribution is 0.169. The van der Waals surface area contributed by atoms with Crippen molar-refractivity contribution >= 4 is 0 Å². The molecule has 0 spiro atoms. The van der Waals surface area contributed by atoms with Crippen molar-refractivity contribution in [2.75, 3.05) is 13.2 Å². The molecule has 0 aromatic carbocycles. The van der Waals surface area contributed by atoms with Crippen molar-refractivity contribution in [1.82, 2.24) is 0 Å². The first-order valence-electron chi connectivity index (χ1n) is 17.1. The average Bonchev–Trinajstić information content (AvgIpc) is 2.93. The van der Waals surface area contributed by atoms with Crippen LogP contribution in [0.15, 0.2) is 23.3 Å². The van der Waals surface area contributed by atoms with E-state index in [-0.39, 0.29) is 0 Å². The smallest absolute Gasteiger partial charge is 0.0681 e. The Morgan fingerprint density at radius 2 is 0.892 bits per heavy atom. The summed E-state index contributed by atoms with van der Waals surface area (Å²) in [5.41, 5.74) is 3.16. The summed E-state index contributed by atoms with van der Waals surface area (Å²) in [5, 5.41) is 0. The molecular weight excluding hydrogens is 448 g/mol. The Labute approximate surface area is 231 Å². The molecule has 0 bridgehead atoms. The van der Waals surface area contributed by atoms with Gasteiger partial charge < -0.3 is 4.74 Å². The third-order valence-electron chi connectivity index (χ3n) is 11.0. The largest absolute Gasteiger partial charge is 0.373 e. The van der Waals surface area contributed by atoms with E-state index in [4.69, 9.17) is 4.74 Å². The van der Waals surface area contributed by atoms with E-state index in [2.05, 4.69) is 26.0 Å². The number of hydrogen-bond acceptors (Lipinski definition) is 1. The van der Waals surface area contributed by atoms with Crippen molar-refractivity contribution in [3.63, 3.8) is 0 Å². The molecule has 2 fully saturated rings. The lowest BCUT2D eigenvalue weighted by atomic mass is 9.80. The lowest BCUT2D eigenvalue weighted by Gasteiger charge is -2.27. The predicted octanol–water partition coefficient (Wildman–Crippen LogP) is 11.2. The van der Waals surface area contributed by atoms with Gasteiger partial charge in [0.05, 0.1) is 13.2 Å². The third kappa shape index (κ3) is 11.2. The van der Waals surface area contributed by atoms with Crippen molar-refractivity contribution in [2.24, 2.45) is 35.5 Å². The molecule has 0 aliphatic heterocycles. The first-order valence-corrected chi connectivity index (χ1v) is 17.1. The Morgan fingerprint density at radius 3 is 1.24 bits per heavy atom. The van der Waals surface area contributed by atoms with Crippen molar-refractivity contribution in [3.8, 4) is 0 Å². The zero-order valence-corrected chi connectivity index (χ0v) is 25.0. The second kappa shape index (κ2) is 16.5. The van der Waals surface area contributed by atoms with E-state index < -0.39 is 0 Å². The van der Waals surface area contributed by atoms with Crippen LogP contribution in [0.4, 0.5) is 0 Å². The Bertz CT molecular complexity index is 615. The summed E-state index contributed by atoms with van der Waals surface area (Å²) in [6.45, 7) is 6.64. The topological polar surface area (TPSA) is 9.23 Å². The molecule has 0 radical (unpaired) electrons. The molecule has 0 aromatic heterocycles. The van der Waals surface area contributed by atoms with Crippen molar-refractivity contribution in [3.05, 3.63) is 23.3 Å². The van der Waals surface area contributed by atoms with Gasteiger partial charge in [0.1, 0.15) is 0 Å². The molecular formula is C36H62O. The number of allylic oxidation sites excluding steroid dienone is 2. The van der Waals surface area contributed by atoms with Gasteiger partial charge in [-0.25, -0.2) is 0 Å². The Hall–Kier alpha value is -0.560. The number of ether oxygens (including phenoxy) is 1. The first kappa shape index (κ1) is 29.4. The molecule has 4 aliphatic rings. The number of hydrogen-bond donors (Lipinski definition) is 0. The maximum absolute atomic E-state index is 6.19. The zero-order chi connectivity index (χ0) is 25.7. The van der Waals surface area contributed by atoms with Crippen molar-refractivity contribution in [1.29, 1.82) is 0 Å². The van der Waals surface area contributed by atoms with Crippen molar-refractivity contribution in [2.45, 2.75) is 155 Å². The summed E-state index contributed by atoms with van der Waals surface area (Å²) >= 11 is 0. The molecule has 0 amide bonds. The monoisotopic (exact) mass is 510 g/mol. The van der Waals surface area contributed by atoms with E-state index in [0.29, 0.717) is 0 Å². The van der Waals surface area contributed by atoms with E-state index in [1.54, 1.807) is 11.1 Å². The van der Waals surface area contributed by atoms with Crippen LogP contribution in [0.2, 0.25) is 0 Å². The van der Waals surface area contributed by atoms with E-state index in [1.807, 2.05) is 0 Å². The highest BCUT2D eigenvalue weighted by Gasteiger charge is 2.20. The van der Waals surface area contributed by atoms with Gasteiger partial charge in [0.2, 0.25) is 0 Å². The normalized spacial score (nSPS) is 33.1. The van der Waals surface area contributed by atoms with Crippen LogP contribution in [-0.2, 0) is 4.74 Å². The molecule has 212 valence electrons. The fourth-order valence-corrected chi connectivity index (χ4v) is 7.95. The van der Waals surface area contributed by atoms with Crippen LogP contribution in [0, 0.1) is 35.5 Å². The predicted molar refractivity (Wildman–Crippen MR) is 161 cm³/mol. The summed E-state index contributed by atoms with van der Waals surface area (Å²) in [5.74, 6) is 5.98. The van der Waals surface area contributed by atoms with Gasteiger partial charge in [0.15, 0.2) is 0 Å². The molecule has 2 unspecified atom stereocenters. The highest BCUT2D eigenvalue weighted by molar-refractivity contribution is 5.09. The number of rotatable bonds is 14. The van der Waals surface area contributed by atoms with Crippen LogP contribution < -0.4 is 0 Å². The summed E-state index contributed by atoms with van der Waals surface area (Å²) in [6, 6.07) is 0. The molecule has 4 aliphatic carbocycles. The third-order valence-corrected chi connectivity index (χ3v) is 11.0. The van der Waals surface area contributed by atoms with Crippen LogP contribution in [0.3, 0.4) is 0 Å². The molecule has 0 saturated heterocycles. The molecule has 37 heavy (non-hydrogen) atoms. The maximum atomic E-state index is 6.19. The SMILES string of the molecule is CC1CCC(CCCCC2CC=C(COCC3=CCC(CCCCC4CCC(C)CC4)CC3)CC2)CC1. The average molecular weight is 511 g/mol. The molecule has 0 aromatic rings. The minimum Gasteiger partial charge on any atom is -0.373 e. The van der Waals surface area contributed by atoms with E-state index in [1.165, 1.54) is 141 Å². The second-order valence-corrected chi connectivity index (χ2v) is 14.3. The standard InChI is InChI=1S/C36H62O/c1-29-11-15-31(16-12-29)7-3-5-9-33-19-23-35(24-20-33)27-37-28-36-25-21-34(22-26-36)10-6-4-8-32-17-13-30(2)14-18-32/h23,25,29-34H,3-22,24,26-28H2,1-2H3. The van der Waals surface area contributed by atoms with Crippen LogP contribution in [0.5, 0.6) is 0 Å². The fraction of sp³-hybridized carbons (Fsp3) is 0.889. The van der Waals surface area contributed by atoms with Gasteiger partial charge in [-0.15, -0.1) is 0 Å². The van der Waals surface area contributed by atoms with Crippen LogP contribution in [0.25, 0.3) is 0 Å². The van der Waals surface area contributed by atoms with E-state index in [0.717, 1.165) is 48.7 Å².